The number of rotatable bonds is 3. The summed E-state index contributed by atoms with van der Waals surface area (Å²) in [4.78, 5) is 23.8. The van der Waals surface area contributed by atoms with Gasteiger partial charge in [0.1, 0.15) is 11.3 Å². The van der Waals surface area contributed by atoms with Gasteiger partial charge in [-0.05, 0) is 31.4 Å². The van der Waals surface area contributed by atoms with E-state index in [-0.39, 0.29) is 12.0 Å². The Morgan fingerprint density at radius 3 is 2.95 bits per heavy atom. The molecule has 2 atom stereocenters. The predicted molar refractivity (Wildman–Crippen MR) is 74.3 cm³/mol. The van der Waals surface area contributed by atoms with Crippen LogP contribution in [0.15, 0.2) is 24.5 Å². The van der Waals surface area contributed by atoms with E-state index in [1.165, 1.54) is 0 Å². The quantitative estimate of drug-likeness (QED) is 0.889. The van der Waals surface area contributed by atoms with Crippen LogP contribution in [0.25, 0.3) is 11.2 Å². The van der Waals surface area contributed by atoms with Gasteiger partial charge >= 0.3 is 5.97 Å². The van der Waals surface area contributed by atoms with Crippen molar-refractivity contribution in [3.05, 3.63) is 24.5 Å². The highest BCUT2D eigenvalue weighted by Gasteiger charge is 2.26. The number of nitrogens with zero attached hydrogens (tertiary/aromatic N) is 3. The monoisotopic (exact) mass is 272 g/mol. The van der Waals surface area contributed by atoms with Gasteiger partial charge in [-0.2, -0.15) is 0 Å². The minimum Gasteiger partial charge on any atom is -0.481 e. The molecule has 2 aromatic rings. The summed E-state index contributed by atoms with van der Waals surface area (Å²) in [5.41, 5.74) is 1.35. The summed E-state index contributed by atoms with van der Waals surface area (Å²) >= 11 is 0. The lowest BCUT2D eigenvalue weighted by Crippen LogP contribution is -2.31. The zero-order chi connectivity index (χ0) is 13.9. The SMILES string of the molecule is O=C(O)C1CCCC(Nc2ccc3nccnc3n2)C1. The molecule has 2 unspecified atom stereocenters. The van der Waals surface area contributed by atoms with Gasteiger partial charge in [0.2, 0.25) is 0 Å². The Labute approximate surface area is 116 Å². The Hall–Kier alpha value is -2.24. The molecule has 0 aromatic carbocycles. The minimum absolute atomic E-state index is 0.159. The molecule has 104 valence electrons. The fourth-order valence-corrected chi connectivity index (χ4v) is 2.69. The maximum absolute atomic E-state index is 11.1. The number of nitrogens with one attached hydrogen (secondary N) is 1. The molecule has 2 N–H and O–H groups in total. The summed E-state index contributed by atoms with van der Waals surface area (Å²) in [6.45, 7) is 0. The van der Waals surface area contributed by atoms with Crippen LogP contribution in [0.2, 0.25) is 0 Å². The number of aliphatic carboxylic acids is 1. The first kappa shape index (κ1) is 12.8. The second-order valence-corrected chi connectivity index (χ2v) is 5.14. The lowest BCUT2D eigenvalue weighted by atomic mass is 9.86. The van der Waals surface area contributed by atoms with E-state index in [1.807, 2.05) is 12.1 Å². The first-order chi connectivity index (χ1) is 9.72. The molecule has 3 rings (SSSR count). The lowest BCUT2D eigenvalue weighted by molar-refractivity contribution is -0.142. The van der Waals surface area contributed by atoms with Gasteiger partial charge in [-0.25, -0.2) is 9.97 Å². The van der Waals surface area contributed by atoms with Gasteiger partial charge in [-0.1, -0.05) is 6.42 Å². The summed E-state index contributed by atoms with van der Waals surface area (Å²) in [6.07, 6.45) is 6.57. The molecule has 6 nitrogen and oxygen atoms in total. The van der Waals surface area contributed by atoms with Crippen LogP contribution in [0.4, 0.5) is 5.82 Å². The number of fused-ring (bicyclic) bond motifs is 1. The highest BCUT2D eigenvalue weighted by atomic mass is 16.4. The Morgan fingerprint density at radius 2 is 2.10 bits per heavy atom. The van der Waals surface area contributed by atoms with E-state index in [4.69, 9.17) is 5.11 Å². The van der Waals surface area contributed by atoms with Crippen molar-refractivity contribution in [1.29, 1.82) is 0 Å². The predicted octanol–water partition coefficient (Wildman–Crippen LogP) is 2.08. The molecule has 1 aliphatic carbocycles. The summed E-state index contributed by atoms with van der Waals surface area (Å²) < 4.78 is 0. The number of hydrogen-bond donors (Lipinski definition) is 2. The minimum atomic E-state index is -0.700. The largest absolute Gasteiger partial charge is 0.481 e. The molecule has 6 heteroatoms. The number of carboxylic acids is 1. The maximum atomic E-state index is 11.1. The number of carboxylic acid groups (broad SMARTS) is 1. The molecule has 2 heterocycles. The highest BCUT2D eigenvalue weighted by molar-refractivity contribution is 5.72. The Morgan fingerprint density at radius 1 is 1.25 bits per heavy atom. The van der Waals surface area contributed by atoms with Crippen LogP contribution in [0, 0.1) is 5.92 Å². The number of carbonyl (C=O) groups is 1. The van der Waals surface area contributed by atoms with Crippen molar-refractivity contribution in [3.63, 3.8) is 0 Å². The standard InChI is InChI=1S/C14H16N4O2/c19-14(20)9-2-1-3-10(8-9)17-12-5-4-11-13(18-12)16-7-6-15-11/h4-7,9-10H,1-3,8H2,(H,19,20)(H,16,17,18). The normalized spacial score (nSPS) is 22.6. The number of hydrogen-bond acceptors (Lipinski definition) is 5. The second kappa shape index (κ2) is 5.40. The van der Waals surface area contributed by atoms with E-state index in [1.54, 1.807) is 12.4 Å². The summed E-state index contributed by atoms with van der Waals surface area (Å²) in [7, 11) is 0. The average molecular weight is 272 g/mol. The van der Waals surface area contributed by atoms with Crippen molar-refractivity contribution in [2.24, 2.45) is 5.92 Å². The Balaban J connectivity index is 1.74. The first-order valence-corrected chi connectivity index (χ1v) is 6.79. The smallest absolute Gasteiger partial charge is 0.306 e. The van der Waals surface area contributed by atoms with Crippen LogP contribution >= 0.6 is 0 Å². The lowest BCUT2D eigenvalue weighted by Gasteiger charge is -2.27. The second-order valence-electron chi connectivity index (χ2n) is 5.14. The molecule has 0 spiro atoms. The van der Waals surface area contributed by atoms with Crippen molar-refractivity contribution in [2.45, 2.75) is 31.7 Å². The van der Waals surface area contributed by atoms with Crippen molar-refractivity contribution in [2.75, 3.05) is 5.32 Å². The van der Waals surface area contributed by atoms with Crippen molar-refractivity contribution < 1.29 is 9.90 Å². The van der Waals surface area contributed by atoms with Crippen LogP contribution in [0.3, 0.4) is 0 Å². The van der Waals surface area contributed by atoms with Crippen LogP contribution in [0.1, 0.15) is 25.7 Å². The summed E-state index contributed by atoms with van der Waals surface area (Å²) in [5.74, 6) is -0.218. The fraction of sp³-hybridized carbons (Fsp3) is 0.429. The zero-order valence-electron chi connectivity index (χ0n) is 11.0. The maximum Gasteiger partial charge on any atom is 0.306 e. The van der Waals surface area contributed by atoms with Crippen molar-refractivity contribution >= 4 is 23.0 Å². The van der Waals surface area contributed by atoms with E-state index in [0.717, 1.165) is 30.6 Å². The molecule has 2 aromatic heterocycles. The molecule has 20 heavy (non-hydrogen) atoms. The average Bonchev–Trinajstić information content (AvgIpc) is 2.47. The van der Waals surface area contributed by atoms with E-state index >= 15 is 0 Å². The van der Waals surface area contributed by atoms with Crippen LogP contribution in [-0.2, 0) is 4.79 Å². The molecule has 0 bridgehead atoms. The molecule has 1 fully saturated rings. The van der Waals surface area contributed by atoms with E-state index in [0.29, 0.717) is 12.1 Å². The molecule has 1 saturated carbocycles. The third-order valence-corrected chi connectivity index (χ3v) is 3.71. The fourth-order valence-electron chi connectivity index (χ4n) is 2.69. The zero-order valence-corrected chi connectivity index (χ0v) is 11.0. The summed E-state index contributed by atoms with van der Waals surface area (Å²) in [5, 5.41) is 12.4. The molecule has 0 saturated heterocycles. The van der Waals surface area contributed by atoms with E-state index < -0.39 is 5.97 Å². The molecular formula is C14H16N4O2. The highest BCUT2D eigenvalue weighted by Crippen LogP contribution is 2.26. The van der Waals surface area contributed by atoms with Gasteiger partial charge in [0, 0.05) is 18.4 Å². The van der Waals surface area contributed by atoms with Crippen LogP contribution in [0.5, 0.6) is 0 Å². The van der Waals surface area contributed by atoms with E-state index in [9.17, 15) is 4.79 Å². The van der Waals surface area contributed by atoms with Gasteiger partial charge in [0.15, 0.2) is 5.65 Å². The number of aromatic nitrogens is 3. The molecule has 0 radical (unpaired) electrons. The molecular weight excluding hydrogens is 256 g/mol. The van der Waals surface area contributed by atoms with Crippen LogP contribution in [-0.4, -0.2) is 32.1 Å². The molecule has 1 aliphatic rings. The van der Waals surface area contributed by atoms with E-state index in [2.05, 4.69) is 20.3 Å². The topological polar surface area (TPSA) is 88.0 Å². The molecule has 0 amide bonds. The van der Waals surface area contributed by atoms with Gasteiger partial charge in [-0.3, -0.25) is 9.78 Å². The van der Waals surface area contributed by atoms with Gasteiger partial charge in [0.25, 0.3) is 0 Å². The first-order valence-electron chi connectivity index (χ1n) is 6.79. The Bertz CT molecular complexity index is 631. The number of pyridine rings is 1. The van der Waals surface area contributed by atoms with Crippen molar-refractivity contribution in [1.82, 2.24) is 15.0 Å². The van der Waals surface area contributed by atoms with Crippen LogP contribution < -0.4 is 5.32 Å². The third kappa shape index (κ3) is 2.68. The van der Waals surface area contributed by atoms with Crippen molar-refractivity contribution in [3.8, 4) is 0 Å². The Kier molecular flexibility index (Phi) is 3.45. The van der Waals surface area contributed by atoms with Gasteiger partial charge < -0.3 is 10.4 Å². The number of anilines is 1. The van der Waals surface area contributed by atoms with Gasteiger partial charge in [-0.15, -0.1) is 0 Å². The van der Waals surface area contributed by atoms with Gasteiger partial charge in [0.05, 0.1) is 5.92 Å². The third-order valence-electron chi connectivity index (χ3n) is 3.71. The molecule has 0 aliphatic heterocycles. The summed E-state index contributed by atoms with van der Waals surface area (Å²) in [6, 6.07) is 3.89.